The third-order valence-corrected chi connectivity index (χ3v) is 5.80. The largest absolute Gasteiger partial charge is 0.493 e. The maximum Gasteiger partial charge on any atom is 0.416 e. The molecule has 0 N–H and O–H groups in total. The van der Waals surface area contributed by atoms with Crippen LogP contribution in [0.15, 0.2) is 75.0 Å². The number of hydrogen-bond donors (Lipinski definition) is 0. The molecule has 10 heteroatoms. The minimum absolute atomic E-state index is 0.0241. The van der Waals surface area contributed by atoms with E-state index in [1.807, 2.05) is 13.8 Å². The van der Waals surface area contributed by atoms with E-state index in [1.165, 1.54) is 18.3 Å². The van der Waals surface area contributed by atoms with E-state index >= 15 is 0 Å². The van der Waals surface area contributed by atoms with Crippen LogP contribution in [0.2, 0.25) is 0 Å². The van der Waals surface area contributed by atoms with E-state index in [2.05, 4.69) is 26.0 Å². The summed E-state index contributed by atoms with van der Waals surface area (Å²) in [6.07, 6.45) is -3.15. The third kappa shape index (κ3) is 5.28. The van der Waals surface area contributed by atoms with E-state index in [1.54, 1.807) is 36.4 Å². The Morgan fingerprint density at radius 3 is 2.44 bits per heavy atom. The van der Waals surface area contributed by atoms with Crippen molar-refractivity contribution >= 4 is 33.0 Å². The highest BCUT2D eigenvalue weighted by Gasteiger charge is 2.31. The minimum Gasteiger partial charge on any atom is -0.493 e. The van der Waals surface area contributed by atoms with Crippen molar-refractivity contribution in [3.05, 3.63) is 86.6 Å². The van der Waals surface area contributed by atoms with Gasteiger partial charge >= 0.3 is 6.18 Å². The first-order chi connectivity index (χ1) is 17.2. The average Bonchev–Trinajstić information content (AvgIpc) is 2.85. The van der Waals surface area contributed by atoms with Crippen LogP contribution in [0, 0.1) is 0 Å². The summed E-state index contributed by atoms with van der Waals surface area (Å²) < 4.78 is 53.1. The van der Waals surface area contributed by atoms with Gasteiger partial charge in [0.2, 0.25) is 0 Å². The Morgan fingerprint density at radius 1 is 1.00 bits per heavy atom. The van der Waals surface area contributed by atoms with Gasteiger partial charge in [-0.05, 0) is 60.1 Å². The van der Waals surface area contributed by atoms with Crippen LogP contribution < -0.4 is 15.0 Å². The number of aromatic nitrogens is 2. The van der Waals surface area contributed by atoms with Crippen LogP contribution >= 0.6 is 15.9 Å². The maximum atomic E-state index is 13.4. The van der Waals surface area contributed by atoms with E-state index in [4.69, 9.17) is 9.47 Å². The maximum absolute atomic E-state index is 13.4. The van der Waals surface area contributed by atoms with Crippen molar-refractivity contribution in [1.82, 2.24) is 9.66 Å². The van der Waals surface area contributed by atoms with E-state index < -0.39 is 17.3 Å². The van der Waals surface area contributed by atoms with Gasteiger partial charge < -0.3 is 9.47 Å². The first-order valence-corrected chi connectivity index (χ1v) is 11.8. The van der Waals surface area contributed by atoms with Crippen LogP contribution in [0.1, 0.15) is 25.0 Å². The second-order valence-corrected chi connectivity index (χ2v) is 8.43. The summed E-state index contributed by atoms with van der Waals surface area (Å²) in [5, 5.41) is 4.63. The standard InChI is InChI=1S/C26H21BrF3N3O3/c1-3-35-22-14-23(36-4-2)20(27)13-17(22)15-31-33-24(16-8-7-9-18(12-16)26(28,29)30)32-21-11-6-5-10-19(21)25(33)34/h5-15H,3-4H2,1-2H3. The van der Waals surface area contributed by atoms with Gasteiger partial charge in [-0.1, -0.05) is 24.3 Å². The Balaban J connectivity index is 1.91. The number of hydrogen-bond acceptors (Lipinski definition) is 5. The SMILES string of the molecule is CCOc1cc(OCC)c(C=Nn2c(-c3cccc(C(F)(F)F)c3)nc3ccccc3c2=O)cc1Br. The van der Waals surface area contributed by atoms with Gasteiger partial charge in [0, 0.05) is 17.2 Å². The molecule has 0 aliphatic rings. The molecule has 0 aliphatic heterocycles. The number of fused-ring (bicyclic) bond motifs is 1. The van der Waals surface area contributed by atoms with E-state index in [0.717, 1.165) is 16.8 Å². The van der Waals surface area contributed by atoms with Crippen molar-refractivity contribution in [3.63, 3.8) is 0 Å². The highest BCUT2D eigenvalue weighted by Crippen LogP contribution is 2.33. The third-order valence-electron chi connectivity index (χ3n) is 5.18. The quantitative estimate of drug-likeness (QED) is 0.242. The Labute approximate surface area is 213 Å². The Morgan fingerprint density at radius 2 is 1.72 bits per heavy atom. The van der Waals surface area contributed by atoms with Gasteiger partial charge in [0.1, 0.15) is 11.5 Å². The molecule has 3 aromatic carbocycles. The highest BCUT2D eigenvalue weighted by atomic mass is 79.9. The van der Waals surface area contributed by atoms with E-state index in [-0.39, 0.29) is 16.8 Å². The first kappa shape index (κ1) is 25.4. The molecule has 0 spiro atoms. The zero-order valence-electron chi connectivity index (χ0n) is 19.3. The van der Waals surface area contributed by atoms with Gasteiger partial charge in [-0.25, -0.2) is 4.98 Å². The molecule has 4 rings (SSSR count). The van der Waals surface area contributed by atoms with Crippen LogP contribution in [0.25, 0.3) is 22.3 Å². The predicted octanol–water partition coefficient (Wildman–Crippen LogP) is 6.52. The lowest BCUT2D eigenvalue weighted by atomic mass is 10.1. The van der Waals surface area contributed by atoms with Crippen LogP contribution in [0.3, 0.4) is 0 Å². The fourth-order valence-electron chi connectivity index (χ4n) is 3.57. The molecular weight excluding hydrogens is 539 g/mol. The zero-order valence-corrected chi connectivity index (χ0v) is 20.9. The lowest BCUT2D eigenvalue weighted by Crippen LogP contribution is -2.20. The molecule has 0 bridgehead atoms. The number of rotatable bonds is 7. The van der Waals surface area contributed by atoms with Crippen molar-refractivity contribution in [2.75, 3.05) is 13.2 Å². The molecule has 0 atom stereocenters. The van der Waals surface area contributed by atoms with Crippen molar-refractivity contribution < 1.29 is 22.6 Å². The molecule has 6 nitrogen and oxygen atoms in total. The molecule has 0 fully saturated rings. The molecule has 4 aromatic rings. The summed E-state index contributed by atoms with van der Waals surface area (Å²) in [6.45, 7) is 4.51. The molecule has 0 aliphatic carbocycles. The Bertz CT molecular complexity index is 1500. The fourth-order valence-corrected chi connectivity index (χ4v) is 4.05. The summed E-state index contributed by atoms with van der Waals surface area (Å²) in [7, 11) is 0. The number of ether oxygens (including phenoxy) is 2. The fraction of sp³-hybridized carbons (Fsp3) is 0.192. The number of halogens is 4. The minimum atomic E-state index is -4.55. The van der Waals surface area contributed by atoms with Crippen LogP contribution in [0.4, 0.5) is 13.2 Å². The van der Waals surface area contributed by atoms with Gasteiger partial charge in [0.15, 0.2) is 5.82 Å². The van der Waals surface area contributed by atoms with Crippen LogP contribution in [-0.4, -0.2) is 29.1 Å². The van der Waals surface area contributed by atoms with Crippen LogP contribution in [-0.2, 0) is 6.18 Å². The Hall–Kier alpha value is -3.66. The normalized spacial score (nSPS) is 11.8. The predicted molar refractivity (Wildman–Crippen MR) is 136 cm³/mol. The number of para-hydroxylation sites is 1. The summed E-state index contributed by atoms with van der Waals surface area (Å²) in [5.41, 5.74) is -0.399. The topological polar surface area (TPSA) is 65.7 Å². The molecule has 1 heterocycles. The molecule has 1 aromatic heterocycles. The highest BCUT2D eigenvalue weighted by molar-refractivity contribution is 9.10. The van der Waals surface area contributed by atoms with Crippen LogP contribution in [0.5, 0.6) is 11.5 Å². The molecule has 0 saturated carbocycles. The van der Waals surface area contributed by atoms with E-state index in [9.17, 15) is 18.0 Å². The van der Waals surface area contributed by atoms with Gasteiger partial charge in [-0.3, -0.25) is 4.79 Å². The molecule has 186 valence electrons. The van der Waals surface area contributed by atoms with Crippen molar-refractivity contribution in [2.45, 2.75) is 20.0 Å². The lowest BCUT2D eigenvalue weighted by Gasteiger charge is -2.13. The summed E-state index contributed by atoms with van der Waals surface area (Å²) in [5.74, 6) is 1.02. The van der Waals surface area contributed by atoms with Gasteiger partial charge in [0.25, 0.3) is 5.56 Å². The number of nitrogens with zero attached hydrogens (tertiary/aromatic N) is 3. The van der Waals surface area contributed by atoms with E-state index in [0.29, 0.717) is 40.3 Å². The smallest absolute Gasteiger partial charge is 0.416 e. The van der Waals surface area contributed by atoms with Crippen molar-refractivity contribution in [2.24, 2.45) is 5.10 Å². The summed E-state index contributed by atoms with van der Waals surface area (Å²) in [6, 6.07) is 14.6. The Kier molecular flexibility index (Phi) is 7.44. The number of alkyl halides is 3. The number of benzene rings is 3. The second-order valence-electron chi connectivity index (χ2n) is 7.58. The molecular formula is C26H21BrF3N3O3. The van der Waals surface area contributed by atoms with Gasteiger partial charge in [-0.15, -0.1) is 0 Å². The average molecular weight is 560 g/mol. The second kappa shape index (κ2) is 10.5. The molecule has 0 amide bonds. The summed E-state index contributed by atoms with van der Waals surface area (Å²) in [4.78, 5) is 17.8. The molecule has 0 radical (unpaired) electrons. The lowest BCUT2D eigenvalue weighted by molar-refractivity contribution is -0.137. The summed E-state index contributed by atoms with van der Waals surface area (Å²) >= 11 is 3.45. The van der Waals surface area contributed by atoms with Crippen molar-refractivity contribution in [3.8, 4) is 22.9 Å². The molecule has 36 heavy (non-hydrogen) atoms. The zero-order chi connectivity index (χ0) is 25.9. The monoisotopic (exact) mass is 559 g/mol. The van der Waals surface area contributed by atoms with Gasteiger partial charge in [-0.2, -0.15) is 22.9 Å². The van der Waals surface area contributed by atoms with Crippen molar-refractivity contribution in [1.29, 1.82) is 0 Å². The first-order valence-electron chi connectivity index (χ1n) is 11.1. The van der Waals surface area contributed by atoms with Gasteiger partial charge in [0.05, 0.1) is 40.4 Å². The molecule has 0 saturated heterocycles. The molecule has 0 unspecified atom stereocenters.